The number of hydrogen-bond donors (Lipinski definition) is 0. The molecule has 2 aromatic heterocycles. The third kappa shape index (κ3) is 2.85. The highest BCUT2D eigenvalue weighted by Gasteiger charge is 2.22. The monoisotopic (exact) mass is 322 g/mol. The molecule has 1 aliphatic rings. The van der Waals surface area contributed by atoms with Gasteiger partial charge in [-0.05, 0) is 17.7 Å². The Morgan fingerprint density at radius 1 is 1.08 bits per heavy atom. The molecule has 4 rings (SSSR count). The lowest BCUT2D eigenvalue weighted by atomic mass is 10.1. The zero-order chi connectivity index (χ0) is 16.5. The quantitative estimate of drug-likeness (QED) is 0.741. The number of aromatic nitrogens is 5. The molecule has 24 heavy (non-hydrogen) atoms. The van der Waals surface area contributed by atoms with Crippen molar-refractivity contribution in [1.82, 2.24) is 29.2 Å². The van der Waals surface area contributed by atoms with E-state index >= 15 is 0 Å². The molecule has 0 saturated carbocycles. The van der Waals surface area contributed by atoms with E-state index in [-0.39, 0.29) is 0 Å². The fourth-order valence-electron chi connectivity index (χ4n) is 3.24. The second-order valence-corrected chi connectivity index (χ2v) is 6.63. The minimum absolute atomic E-state index is 0.425. The maximum atomic E-state index is 4.38. The number of rotatable bonds is 4. The highest BCUT2D eigenvalue weighted by Crippen LogP contribution is 2.20. The zero-order valence-corrected chi connectivity index (χ0v) is 14.1. The molecule has 0 spiro atoms. The first-order valence-corrected chi connectivity index (χ1v) is 8.42. The molecule has 3 aromatic rings. The molecule has 0 aliphatic carbocycles. The van der Waals surface area contributed by atoms with Gasteiger partial charge in [-0.25, -0.2) is 4.98 Å². The molecule has 3 heterocycles. The normalized spacial score (nSPS) is 15.0. The molecule has 1 aromatic carbocycles. The van der Waals surface area contributed by atoms with Crippen LogP contribution >= 0.6 is 0 Å². The average Bonchev–Trinajstić information content (AvgIpc) is 3.25. The molecule has 0 saturated heterocycles. The van der Waals surface area contributed by atoms with Gasteiger partial charge in [0.1, 0.15) is 11.6 Å². The molecule has 0 N–H and O–H groups in total. The van der Waals surface area contributed by atoms with Crippen molar-refractivity contribution in [3.8, 4) is 5.69 Å². The Morgan fingerprint density at radius 2 is 1.92 bits per heavy atom. The summed E-state index contributed by atoms with van der Waals surface area (Å²) in [5.41, 5.74) is 2.45. The Hall–Kier alpha value is -2.47. The van der Waals surface area contributed by atoms with Gasteiger partial charge in [-0.1, -0.05) is 26.0 Å². The standard InChI is InChI=1S/C18H22N6/c1-14(2)18-21-20-17-12-22(9-10-24(17)18)11-15-3-5-16(6-4-15)23-8-7-19-13-23/h3-8,13-14H,9-12H2,1-2H3. The minimum Gasteiger partial charge on any atom is -0.312 e. The van der Waals surface area contributed by atoms with Gasteiger partial charge in [0.15, 0.2) is 0 Å². The first-order valence-electron chi connectivity index (χ1n) is 8.42. The number of benzene rings is 1. The molecule has 0 amide bonds. The van der Waals surface area contributed by atoms with E-state index in [1.54, 1.807) is 6.20 Å². The third-order valence-corrected chi connectivity index (χ3v) is 4.52. The molecule has 0 unspecified atom stereocenters. The Kier molecular flexibility index (Phi) is 3.90. The summed E-state index contributed by atoms with van der Waals surface area (Å²) in [4.78, 5) is 6.52. The maximum Gasteiger partial charge on any atom is 0.147 e. The topological polar surface area (TPSA) is 51.8 Å². The molecule has 0 radical (unpaired) electrons. The second kappa shape index (κ2) is 6.20. The van der Waals surface area contributed by atoms with Gasteiger partial charge in [-0.15, -0.1) is 10.2 Å². The van der Waals surface area contributed by atoms with Crippen LogP contribution in [0, 0.1) is 0 Å². The van der Waals surface area contributed by atoms with Crippen LogP contribution in [0.4, 0.5) is 0 Å². The Morgan fingerprint density at radius 3 is 2.62 bits per heavy atom. The summed E-state index contributed by atoms with van der Waals surface area (Å²) in [5, 5.41) is 8.74. The predicted octanol–water partition coefficient (Wildman–Crippen LogP) is 2.60. The fraction of sp³-hybridized carbons (Fsp3) is 0.389. The Balaban J connectivity index is 1.44. The molecule has 6 nitrogen and oxygen atoms in total. The van der Waals surface area contributed by atoms with Gasteiger partial charge in [0.25, 0.3) is 0 Å². The van der Waals surface area contributed by atoms with Gasteiger partial charge in [-0.3, -0.25) is 4.90 Å². The fourth-order valence-corrected chi connectivity index (χ4v) is 3.24. The molecule has 0 bridgehead atoms. The smallest absolute Gasteiger partial charge is 0.147 e. The molecule has 1 aliphatic heterocycles. The van der Waals surface area contributed by atoms with E-state index in [1.807, 2.05) is 17.1 Å². The van der Waals surface area contributed by atoms with Crippen molar-refractivity contribution in [2.24, 2.45) is 0 Å². The zero-order valence-electron chi connectivity index (χ0n) is 14.1. The lowest BCUT2D eigenvalue weighted by Gasteiger charge is -2.28. The summed E-state index contributed by atoms with van der Waals surface area (Å²) in [6.45, 7) is 8.16. The van der Waals surface area contributed by atoms with Crippen LogP contribution in [-0.2, 0) is 19.6 Å². The van der Waals surface area contributed by atoms with Crippen LogP contribution in [0.15, 0.2) is 43.0 Å². The van der Waals surface area contributed by atoms with Crippen LogP contribution in [0.2, 0.25) is 0 Å². The van der Waals surface area contributed by atoms with E-state index in [9.17, 15) is 0 Å². The van der Waals surface area contributed by atoms with Crippen LogP contribution in [0.25, 0.3) is 5.69 Å². The SMILES string of the molecule is CC(C)c1nnc2n1CCN(Cc1ccc(-n3ccnc3)cc1)C2. The number of hydrogen-bond acceptors (Lipinski definition) is 4. The molecule has 0 fully saturated rings. The van der Waals surface area contributed by atoms with Gasteiger partial charge < -0.3 is 9.13 Å². The average molecular weight is 322 g/mol. The van der Waals surface area contributed by atoms with Crippen LogP contribution in [-0.4, -0.2) is 35.8 Å². The lowest BCUT2D eigenvalue weighted by molar-refractivity contribution is 0.206. The lowest BCUT2D eigenvalue weighted by Crippen LogP contribution is -2.34. The van der Waals surface area contributed by atoms with E-state index < -0.39 is 0 Å². The van der Waals surface area contributed by atoms with Crippen LogP contribution in [0.5, 0.6) is 0 Å². The Bertz CT molecular complexity index is 801. The van der Waals surface area contributed by atoms with Crippen molar-refractivity contribution in [3.05, 3.63) is 60.2 Å². The predicted molar refractivity (Wildman–Crippen MR) is 91.8 cm³/mol. The van der Waals surface area contributed by atoms with Crippen molar-refractivity contribution < 1.29 is 0 Å². The number of fused-ring (bicyclic) bond motifs is 1. The molecule has 6 heteroatoms. The summed E-state index contributed by atoms with van der Waals surface area (Å²) in [7, 11) is 0. The van der Waals surface area contributed by atoms with Gasteiger partial charge >= 0.3 is 0 Å². The van der Waals surface area contributed by atoms with Crippen molar-refractivity contribution in [2.75, 3.05) is 6.54 Å². The van der Waals surface area contributed by atoms with E-state index in [1.165, 1.54) is 5.56 Å². The summed E-state index contributed by atoms with van der Waals surface area (Å²) < 4.78 is 4.30. The second-order valence-electron chi connectivity index (χ2n) is 6.63. The Labute approximate surface area is 141 Å². The summed E-state index contributed by atoms with van der Waals surface area (Å²) >= 11 is 0. The number of nitrogens with zero attached hydrogens (tertiary/aromatic N) is 6. The van der Waals surface area contributed by atoms with Crippen molar-refractivity contribution >= 4 is 0 Å². The van der Waals surface area contributed by atoms with Gasteiger partial charge in [0.2, 0.25) is 0 Å². The minimum atomic E-state index is 0.425. The van der Waals surface area contributed by atoms with Gasteiger partial charge in [-0.2, -0.15) is 0 Å². The van der Waals surface area contributed by atoms with Crippen LogP contribution in [0.3, 0.4) is 0 Å². The van der Waals surface area contributed by atoms with Crippen LogP contribution in [0.1, 0.15) is 37.0 Å². The highest BCUT2D eigenvalue weighted by molar-refractivity contribution is 5.34. The summed E-state index contributed by atoms with van der Waals surface area (Å²) in [6.07, 6.45) is 5.57. The van der Waals surface area contributed by atoms with E-state index in [4.69, 9.17) is 0 Å². The van der Waals surface area contributed by atoms with Gasteiger partial charge in [0, 0.05) is 43.6 Å². The van der Waals surface area contributed by atoms with Crippen molar-refractivity contribution in [2.45, 2.75) is 39.4 Å². The van der Waals surface area contributed by atoms with Crippen LogP contribution < -0.4 is 0 Å². The third-order valence-electron chi connectivity index (χ3n) is 4.52. The first kappa shape index (κ1) is 15.1. The summed E-state index contributed by atoms with van der Waals surface area (Å²) in [5.74, 6) is 2.61. The molecular weight excluding hydrogens is 300 g/mol. The van der Waals surface area contributed by atoms with E-state index in [0.717, 1.165) is 43.5 Å². The van der Waals surface area contributed by atoms with E-state index in [2.05, 4.69) is 62.8 Å². The maximum absolute atomic E-state index is 4.38. The van der Waals surface area contributed by atoms with Gasteiger partial charge in [0.05, 0.1) is 12.9 Å². The van der Waals surface area contributed by atoms with Crippen molar-refractivity contribution in [1.29, 1.82) is 0 Å². The van der Waals surface area contributed by atoms with E-state index in [0.29, 0.717) is 5.92 Å². The molecule has 0 atom stereocenters. The first-order chi connectivity index (χ1) is 11.7. The highest BCUT2D eigenvalue weighted by atomic mass is 15.3. The molecular formula is C18H22N6. The summed E-state index contributed by atoms with van der Waals surface area (Å²) in [6, 6.07) is 8.66. The molecule has 124 valence electrons. The number of imidazole rings is 1. The van der Waals surface area contributed by atoms with Crippen molar-refractivity contribution in [3.63, 3.8) is 0 Å². The largest absolute Gasteiger partial charge is 0.312 e.